The van der Waals surface area contributed by atoms with Crippen LogP contribution in [0.5, 0.6) is 0 Å². The van der Waals surface area contributed by atoms with Gasteiger partial charge in [-0.25, -0.2) is 25.3 Å². The Labute approximate surface area is 178 Å². The molecule has 0 aromatic carbocycles. The molecule has 0 saturated heterocycles. The van der Waals surface area contributed by atoms with E-state index in [1.165, 1.54) is 0 Å². The monoisotopic (exact) mass is 569 g/mol. The van der Waals surface area contributed by atoms with Gasteiger partial charge in [-0.3, -0.25) is 0 Å². The molecule has 25 heteroatoms. The molecule has 0 rings (SSSR count). The Morgan fingerprint density at radius 3 is 0.594 bits per heavy atom. The molecule has 0 fully saturated rings. The van der Waals surface area contributed by atoms with Crippen LogP contribution in [-0.4, -0.2) is 82.3 Å². The molecule has 0 aliphatic rings. The third kappa shape index (κ3) is 4.65. The first-order valence-electron chi connectivity index (χ1n) is 5.90. The van der Waals surface area contributed by atoms with E-state index in [1.807, 2.05) is 0 Å². The van der Waals surface area contributed by atoms with Gasteiger partial charge in [-0.1, -0.05) is 0 Å². The molecule has 0 saturated carbocycles. The Hall–Kier alpha value is -0.603. The fraction of sp³-hybridized carbons (Fsp3) is 1.00. The van der Waals surface area contributed by atoms with E-state index in [4.69, 9.17) is 0 Å². The number of sulfone groups is 3. The molecule has 0 unspecified atom stereocenters. The van der Waals surface area contributed by atoms with Gasteiger partial charge in [-0.2, -0.15) is 65.9 Å². The molecule has 0 aliphatic carbocycles. The van der Waals surface area contributed by atoms with Gasteiger partial charge in [0.25, 0.3) is 33.4 Å². The second-order valence-electron chi connectivity index (χ2n) is 4.97. The zero-order chi connectivity index (χ0) is 26.1. The molecule has 6 nitrogen and oxygen atoms in total. The van der Waals surface area contributed by atoms with E-state index in [0.717, 1.165) is 0 Å². The minimum Gasteiger partial charge on any atom is -0.220 e. The number of halogens is 15. The number of alkyl halides is 15. The zero-order valence-corrected chi connectivity index (χ0v) is 16.4. The minimum absolute atomic E-state index is 0. The largest absolute Gasteiger partial charge is 0.469 e. The Balaban J connectivity index is 0. The van der Waals surface area contributed by atoms with Crippen LogP contribution < -0.4 is 0 Å². The summed E-state index contributed by atoms with van der Waals surface area (Å²) < 4.78 is 249. The minimum atomic E-state index is -9.15. The number of rotatable bonds is 6. The molecule has 0 heterocycles. The molecule has 0 aromatic heterocycles. The molecule has 0 aliphatic heterocycles. The van der Waals surface area contributed by atoms with Crippen molar-refractivity contribution in [3.05, 3.63) is 0 Å². The van der Waals surface area contributed by atoms with Gasteiger partial charge in [0, 0.05) is 18.9 Å². The van der Waals surface area contributed by atoms with Crippen molar-refractivity contribution in [2.45, 2.75) is 38.2 Å². The standard InChI is InChI=1S/C7HF15O6S3.Li/c8-2(9,10)5(17,18)29(23,24)1(30(25,26)6(19,20)3(11,12)13)31(27,28)7(21,22)4(14,15)16;/h1H;. The maximum atomic E-state index is 13.1. The van der Waals surface area contributed by atoms with Gasteiger partial charge in [-0.05, 0) is 0 Å². The van der Waals surface area contributed by atoms with Crippen molar-refractivity contribution in [3.8, 4) is 0 Å². The quantitative estimate of drug-likeness (QED) is 0.360. The molecule has 0 atom stereocenters. The normalized spacial score (nSPS) is 16.1. The smallest absolute Gasteiger partial charge is 0.220 e. The molecule has 0 amide bonds. The number of hydrogen-bond donors (Lipinski definition) is 0. The summed E-state index contributed by atoms with van der Waals surface area (Å²) in [5, 5.41) is -24.1. The molecule has 189 valence electrons. The summed E-state index contributed by atoms with van der Waals surface area (Å²) in [4.78, 5) is 0. The van der Waals surface area contributed by atoms with Gasteiger partial charge in [0.15, 0.2) is 0 Å². The van der Waals surface area contributed by atoms with Crippen molar-refractivity contribution < 1.29 is 91.1 Å². The molecule has 0 aromatic rings. The van der Waals surface area contributed by atoms with E-state index < -0.39 is 67.7 Å². The van der Waals surface area contributed by atoms with Crippen LogP contribution in [0.3, 0.4) is 0 Å². The summed E-state index contributed by atoms with van der Waals surface area (Å²) in [5.41, 5.74) is 0. The first-order valence-corrected chi connectivity index (χ1v) is 10.5. The molecule has 1 radical (unpaired) electrons. The maximum Gasteiger partial charge on any atom is 0.469 e. The molecular formula is C7HF15LiO6S3. The van der Waals surface area contributed by atoms with E-state index in [2.05, 4.69) is 0 Å². The summed E-state index contributed by atoms with van der Waals surface area (Å²) in [6.45, 7) is 0. The van der Waals surface area contributed by atoms with Gasteiger partial charge in [0.05, 0.1) is 0 Å². The predicted octanol–water partition coefficient (Wildman–Crippen LogP) is 2.60. The Bertz CT molecular complexity index is 884. The zero-order valence-electron chi connectivity index (χ0n) is 13.9. The average Bonchev–Trinajstić information content (AvgIpc) is 2.41. The molecular weight excluding hydrogens is 568 g/mol. The van der Waals surface area contributed by atoms with E-state index >= 15 is 0 Å². The van der Waals surface area contributed by atoms with Gasteiger partial charge >= 0.3 is 34.3 Å². The van der Waals surface area contributed by atoms with Crippen LogP contribution in [0.15, 0.2) is 0 Å². The maximum absolute atomic E-state index is 13.1. The van der Waals surface area contributed by atoms with Gasteiger partial charge in [-0.15, -0.1) is 0 Å². The Morgan fingerprint density at radius 2 is 0.500 bits per heavy atom. The fourth-order valence-electron chi connectivity index (χ4n) is 1.35. The van der Waals surface area contributed by atoms with Crippen LogP contribution in [0.2, 0.25) is 0 Å². The van der Waals surface area contributed by atoms with Crippen molar-refractivity contribution >= 4 is 48.4 Å². The van der Waals surface area contributed by atoms with Crippen LogP contribution in [0.4, 0.5) is 65.9 Å². The van der Waals surface area contributed by atoms with Crippen molar-refractivity contribution in [3.63, 3.8) is 0 Å². The second kappa shape index (κ2) is 8.26. The van der Waals surface area contributed by atoms with Crippen molar-refractivity contribution in [2.24, 2.45) is 0 Å². The third-order valence-electron chi connectivity index (χ3n) is 2.82. The average molecular weight is 569 g/mol. The van der Waals surface area contributed by atoms with E-state index in [0.29, 0.717) is 0 Å². The first kappa shape index (κ1) is 33.6. The Morgan fingerprint density at radius 1 is 0.375 bits per heavy atom. The van der Waals surface area contributed by atoms with Gasteiger partial charge < -0.3 is 0 Å². The topological polar surface area (TPSA) is 102 Å². The summed E-state index contributed by atoms with van der Waals surface area (Å²) in [7, 11) is -27.5. The van der Waals surface area contributed by atoms with Crippen LogP contribution in [0.25, 0.3) is 0 Å². The van der Waals surface area contributed by atoms with Crippen molar-refractivity contribution in [1.29, 1.82) is 0 Å². The predicted molar refractivity (Wildman–Crippen MR) is 69.3 cm³/mol. The second-order valence-corrected chi connectivity index (χ2v) is 12.1. The Kier molecular flexibility index (Phi) is 8.66. The number of hydrogen-bond acceptors (Lipinski definition) is 6. The van der Waals surface area contributed by atoms with Crippen molar-refractivity contribution in [1.82, 2.24) is 0 Å². The van der Waals surface area contributed by atoms with Crippen LogP contribution in [0.1, 0.15) is 0 Å². The first-order chi connectivity index (χ1) is 12.9. The van der Waals surface area contributed by atoms with Crippen LogP contribution in [-0.2, 0) is 29.5 Å². The van der Waals surface area contributed by atoms with Crippen LogP contribution in [0, 0.1) is 0 Å². The molecule has 0 spiro atoms. The van der Waals surface area contributed by atoms with E-state index in [1.54, 1.807) is 0 Å². The van der Waals surface area contributed by atoms with Crippen LogP contribution >= 0.6 is 0 Å². The molecule has 0 bridgehead atoms. The SMILES string of the molecule is O=S(=O)(C(S(=O)(=O)C(F)(F)C(F)(F)F)S(=O)(=O)C(F)(F)C(F)(F)F)C(F)(F)C(F)(F)F.[Li]. The van der Waals surface area contributed by atoms with Gasteiger partial charge in [0.2, 0.25) is 0 Å². The summed E-state index contributed by atoms with van der Waals surface area (Å²) in [5.74, 6) is 0. The third-order valence-corrected chi connectivity index (χ3v) is 11.7. The summed E-state index contributed by atoms with van der Waals surface area (Å²) in [6, 6.07) is 0. The summed E-state index contributed by atoms with van der Waals surface area (Å²) in [6.07, 6.45) is -23.4. The van der Waals surface area contributed by atoms with E-state index in [-0.39, 0.29) is 18.9 Å². The van der Waals surface area contributed by atoms with E-state index in [9.17, 15) is 91.1 Å². The van der Waals surface area contributed by atoms with Crippen molar-refractivity contribution in [2.75, 3.05) is 0 Å². The van der Waals surface area contributed by atoms with Gasteiger partial charge in [0.1, 0.15) is 0 Å². The molecule has 0 N–H and O–H groups in total. The molecule has 32 heavy (non-hydrogen) atoms. The fourth-order valence-corrected chi connectivity index (χ4v) is 9.22. The summed E-state index contributed by atoms with van der Waals surface area (Å²) >= 11 is 0.